The normalized spacial score (nSPS) is 18.9. The Morgan fingerprint density at radius 3 is 2.33 bits per heavy atom. The smallest absolute Gasteiger partial charge is 0.170 e. The van der Waals surface area contributed by atoms with Gasteiger partial charge in [0.1, 0.15) is 5.60 Å². The van der Waals surface area contributed by atoms with Gasteiger partial charge in [-0.1, -0.05) is 13.3 Å². The quantitative estimate of drug-likeness (QED) is 0.588. The summed E-state index contributed by atoms with van der Waals surface area (Å²) >= 11 is 0. The summed E-state index contributed by atoms with van der Waals surface area (Å²) in [5, 5.41) is 0. The van der Waals surface area contributed by atoms with Gasteiger partial charge in [-0.25, -0.2) is 0 Å². The fourth-order valence-electron chi connectivity index (χ4n) is 1.86. The standard InChI is InChI=1S/C12H21O2.Y/c1-4-10(2)11(13)14-12(3)8-6-5-7-9-12;/h4-9H2,1-3H3;/q-1;. The van der Waals surface area contributed by atoms with E-state index in [0.717, 1.165) is 25.2 Å². The number of hydrogen-bond donors (Lipinski definition) is 0. The van der Waals surface area contributed by atoms with E-state index in [4.69, 9.17) is 4.74 Å². The molecule has 0 amide bonds. The molecule has 0 spiro atoms. The van der Waals surface area contributed by atoms with Crippen LogP contribution in [0.1, 0.15) is 59.3 Å². The van der Waals surface area contributed by atoms with Crippen molar-refractivity contribution in [3.05, 3.63) is 5.92 Å². The largest absolute Gasteiger partial charge is 0.482 e. The van der Waals surface area contributed by atoms with Crippen molar-refractivity contribution < 1.29 is 42.2 Å². The van der Waals surface area contributed by atoms with Crippen molar-refractivity contribution in [2.45, 2.75) is 64.9 Å². The molecule has 0 aromatic carbocycles. The van der Waals surface area contributed by atoms with Crippen molar-refractivity contribution in [2.75, 3.05) is 0 Å². The fraction of sp³-hybridized carbons (Fsp3) is 0.833. The maximum atomic E-state index is 11.6. The number of esters is 1. The van der Waals surface area contributed by atoms with Crippen LogP contribution in [0, 0.1) is 5.92 Å². The van der Waals surface area contributed by atoms with E-state index in [9.17, 15) is 4.79 Å². The second-order valence-corrected chi connectivity index (χ2v) is 4.53. The van der Waals surface area contributed by atoms with E-state index in [0.29, 0.717) is 0 Å². The third kappa shape index (κ3) is 4.86. The van der Waals surface area contributed by atoms with E-state index in [1.54, 1.807) is 0 Å². The molecule has 1 aliphatic rings. The van der Waals surface area contributed by atoms with Crippen molar-refractivity contribution in [2.24, 2.45) is 0 Å². The predicted molar refractivity (Wildman–Crippen MR) is 56.8 cm³/mol. The monoisotopic (exact) mass is 286 g/mol. The zero-order valence-electron chi connectivity index (χ0n) is 10.1. The van der Waals surface area contributed by atoms with Crippen LogP contribution in [0.25, 0.3) is 0 Å². The van der Waals surface area contributed by atoms with E-state index >= 15 is 0 Å². The Bertz CT molecular complexity index is 198. The van der Waals surface area contributed by atoms with Gasteiger partial charge in [-0.3, -0.25) is 10.7 Å². The number of carbonyl (C=O) groups is 1. The summed E-state index contributed by atoms with van der Waals surface area (Å²) in [5.74, 6) is 0.730. The summed E-state index contributed by atoms with van der Waals surface area (Å²) < 4.78 is 5.56. The molecular weight excluding hydrogens is 265 g/mol. The molecular formula is C12H21O2Y-. The molecule has 0 saturated heterocycles. The molecule has 1 rings (SSSR count). The number of hydrogen-bond acceptors (Lipinski definition) is 2. The van der Waals surface area contributed by atoms with Gasteiger partial charge in [0.25, 0.3) is 0 Å². The second-order valence-electron chi connectivity index (χ2n) is 4.53. The predicted octanol–water partition coefficient (Wildman–Crippen LogP) is 3.25. The van der Waals surface area contributed by atoms with Crippen LogP contribution in [0.2, 0.25) is 0 Å². The van der Waals surface area contributed by atoms with Crippen LogP contribution < -0.4 is 0 Å². The number of ether oxygens (including phenoxy) is 1. The summed E-state index contributed by atoms with van der Waals surface area (Å²) in [6.07, 6.45) is 6.49. The zero-order chi connectivity index (χ0) is 10.6. The third-order valence-electron chi connectivity index (χ3n) is 3.13. The molecule has 1 aliphatic carbocycles. The van der Waals surface area contributed by atoms with Gasteiger partial charge < -0.3 is 4.74 Å². The van der Waals surface area contributed by atoms with Crippen LogP contribution in [-0.4, -0.2) is 11.6 Å². The third-order valence-corrected chi connectivity index (χ3v) is 3.13. The maximum Gasteiger partial charge on any atom is 0.170 e. The molecule has 1 saturated carbocycles. The molecule has 0 aliphatic heterocycles. The molecule has 15 heavy (non-hydrogen) atoms. The Morgan fingerprint density at radius 1 is 1.33 bits per heavy atom. The number of carbonyl (C=O) groups excluding carboxylic acids is 1. The molecule has 3 heteroatoms. The van der Waals surface area contributed by atoms with Crippen LogP contribution >= 0.6 is 0 Å². The van der Waals surface area contributed by atoms with Crippen molar-refractivity contribution in [1.82, 2.24) is 0 Å². The van der Waals surface area contributed by atoms with Gasteiger partial charge in [0.2, 0.25) is 0 Å². The van der Waals surface area contributed by atoms with Crippen LogP contribution in [0.5, 0.6) is 0 Å². The van der Waals surface area contributed by atoms with Gasteiger partial charge in [-0.15, -0.1) is 0 Å². The Balaban J connectivity index is 0.00000196. The summed E-state index contributed by atoms with van der Waals surface area (Å²) in [6.45, 7) is 5.90. The van der Waals surface area contributed by atoms with Gasteiger partial charge in [-0.05, 0) is 32.6 Å². The van der Waals surface area contributed by atoms with E-state index in [2.05, 4.69) is 6.92 Å². The molecule has 0 bridgehead atoms. The van der Waals surface area contributed by atoms with Crippen molar-refractivity contribution in [3.8, 4) is 0 Å². The van der Waals surface area contributed by atoms with Crippen LogP contribution in [0.3, 0.4) is 0 Å². The molecule has 0 aromatic heterocycles. The molecule has 0 N–H and O–H groups in total. The molecule has 1 fully saturated rings. The van der Waals surface area contributed by atoms with Gasteiger partial charge in [-0.2, -0.15) is 13.3 Å². The summed E-state index contributed by atoms with van der Waals surface area (Å²) in [6, 6.07) is 0. The van der Waals surface area contributed by atoms with E-state index in [1.165, 1.54) is 19.3 Å². The summed E-state index contributed by atoms with van der Waals surface area (Å²) in [7, 11) is 0. The molecule has 0 heterocycles. The van der Waals surface area contributed by atoms with Crippen LogP contribution in [0.15, 0.2) is 0 Å². The minimum Gasteiger partial charge on any atom is -0.482 e. The van der Waals surface area contributed by atoms with Crippen molar-refractivity contribution in [1.29, 1.82) is 0 Å². The minimum atomic E-state index is -0.189. The van der Waals surface area contributed by atoms with Crippen LogP contribution in [-0.2, 0) is 42.2 Å². The van der Waals surface area contributed by atoms with E-state index in [1.807, 2.05) is 13.8 Å². The molecule has 0 atom stereocenters. The molecule has 2 nitrogen and oxygen atoms in total. The first-order valence-corrected chi connectivity index (χ1v) is 5.63. The van der Waals surface area contributed by atoms with Crippen LogP contribution in [0.4, 0.5) is 0 Å². The Labute approximate surface area is 118 Å². The van der Waals surface area contributed by atoms with Gasteiger partial charge in [0.15, 0.2) is 5.97 Å². The molecule has 85 valence electrons. The van der Waals surface area contributed by atoms with Gasteiger partial charge in [0.05, 0.1) is 0 Å². The van der Waals surface area contributed by atoms with Gasteiger partial charge in [0, 0.05) is 32.7 Å². The summed E-state index contributed by atoms with van der Waals surface area (Å²) in [5.41, 5.74) is -0.189. The average molecular weight is 286 g/mol. The second kappa shape index (κ2) is 6.91. The topological polar surface area (TPSA) is 26.3 Å². The first-order chi connectivity index (χ1) is 6.57. The molecule has 0 aromatic rings. The first-order valence-electron chi connectivity index (χ1n) is 5.63. The Hall–Kier alpha value is 0.444. The zero-order valence-corrected chi connectivity index (χ0v) is 13.0. The Kier molecular flexibility index (Phi) is 7.11. The molecule has 0 unspecified atom stereocenters. The molecule has 1 radical (unpaired) electrons. The van der Waals surface area contributed by atoms with Crippen molar-refractivity contribution >= 4 is 5.97 Å². The fourth-order valence-corrected chi connectivity index (χ4v) is 1.86. The SMILES string of the molecule is CC[C-](C)C(=O)OC1(C)CCCCC1.[Y]. The van der Waals surface area contributed by atoms with Gasteiger partial charge >= 0.3 is 0 Å². The number of rotatable bonds is 3. The average Bonchev–Trinajstić information content (AvgIpc) is 2.17. The minimum absolute atomic E-state index is 0. The first kappa shape index (κ1) is 15.4. The van der Waals surface area contributed by atoms with E-state index < -0.39 is 0 Å². The van der Waals surface area contributed by atoms with E-state index in [-0.39, 0.29) is 44.3 Å². The summed E-state index contributed by atoms with van der Waals surface area (Å²) in [4.78, 5) is 11.6. The Morgan fingerprint density at radius 2 is 1.87 bits per heavy atom. The maximum absolute atomic E-state index is 11.6. The van der Waals surface area contributed by atoms with Crippen molar-refractivity contribution in [3.63, 3.8) is 0 Å².